The number of aromatic nitrogens is 2. The van der Waals surface area contributed by atoms with Gasteiger partial charge in [0, 0.05) is 37.2 Å². The van der Waals surface area contributed by atoms with Crippen molar-refractivity contribution in [2.24, 2.45) is 0 Å². The SMILES string of the molecule is CNC(=O)c1cc(F)ccc1CNC(=O)c1nc(N2CCCCS2(=O)=O)c2ccc(=O)[nH]c2c1O.[H-].[Na+]. The van der Waals surface area contributed by atoms with Crippen LogP contribution < -0.4 is 50.1 Å². The van der Waals surface area contributed by atoms with Gasteiger partial charge in [0.1, 0.15) is 5.82 Å². The van der Waals surface area contributed by atoms with Crippen LogP contribution in [0, 0.1) is 5.82 Å². The zero-order valence-corrected chi connectivity index (χ0v) is 22.4. The third-order valence-corrected chi connectivity index (χ3v) is 7.45. The molecule has 186 valence electrons. The van der Waals surface area contributed by atoms with Gasteiger partial charge < -0.3 is 22.2 Å². The van der Waals surface area contributed by atoms with Crippen LogP contribution in [0.2, 0.25) is 0 Å². The van der Waals surface area contributed by atoms with Crippen molar-refractivity contribution in [3.63, 3.8) is 0 Å². The molecule has 4 N–H and O–H groups in total. The topological polar surface area (TPSA) is 162 Å². The van der Waals surface area contributed by atoms with Crippen molar-refractivity contribution in [1.29, 1.82) is 0 Å². The number of nitrogens with zero attached hydrogens (tertiary/aromatic N) is 2. The average molecular weight is 528 g/mol. The summed E-state index contributed by atoms with van der Waals surface area (Å²) in [6, 6.07) is 5.98. The third kappa shape index (κ3) is 5.38. The fourth-order valence-corrected chi connectivity index (χ4v) is 5.47. The number of hydrogen-bond donors (Lipinski definition) is 4. The molecule has 0 atom stereocenters. The van der Waals surface area contributed by atoms with E-state index in [1.807, 2.05) is 0 Å². The molecule has 0 saturated carbocycles. The number of aromatic hydroxyl groups is 1. The van der Waals surface area contributed by atoms with E-state index < -0.39 is 44.7 Å². The molecule has 1 aliphatic heterocycles. The number of rotatable bonds is 5. The summed E-state index contributed by atoms with van der Waals surface area (Å²) in [6.07, 6.45) is 1.05. The van der Waals surface area contributed by atoms with Gasteiger partial charge in [-0.1, -0.05) is 6.07 Å². The number of nitrogens with one attached hydrogen (secondary N) is 3. The van der Waals surface area contributed by atoms with Gasteiger partial charge >= 0.3 is 29.6 Å². The Morgan fingerprint density at radius 1 is 1.22 bits per heavy atom. The molecule has 3 aromatic rings. The van der Waals surface area contributed by atoms with Crippen LogP contribution in [0.5, 0.6) is 5.75 Å². The number of amides is 2. The second-order valence-corrected chi connectivity index (χ2v) is 9.92. The average Bonchev–Trinajstić information content (AvgIpc) is 2.83. The number of hydrogen-bond acceptors (Lipinski definition) is 7. The summed E-state index contributed by atoms with van der Waals surface area (Å²) in [5.41, 5.74) is -0.918. The van der Waals surface area contributed by atoms with Crippen LogP contribution in [0.1, 0.15) is 40.7 Å². The maximum absolute atomic E-state index is 13.6. The fourth-order valence-electron chi connectivity index (χ4n) is 3.87. The van der Waals surface area contributed by atoms with Crippen molar-refractivity contribution in [1.82, 2.24) is 20.6 Å². The first-order chi connectivity index (χ1) is 16.6. The van der Waals surface area contributed by atoms with Gasteiger partial charge in [0.25, 0.3) is 11.8 Å². The number of benzene rings is 1. The smallest absolute Gasteiger partial charge is 1.00 e. The van der Waals surface area contributed by atoms with Crippen LogP contribution in [0.15, 0.2) is 35.1 Å². The molecule has 0 bridgehead atoms. The molecule has 0 aliphatic carbocycles. The number of H-pyrrole nitrogens is 1. The first kappa shape index (κ1) is 27.6. The number of sulfonamides is 1. The first-order valence-corrected chi connectivity index (χ1v) is 12.3. The number of pyridine rings is 2. The van der Waals surface area contributed by atoms with Gasteiger partial charge in [0.05, 0.1) is 11.3 Å². The van der Waals surface area contributed by atoms with Gasteiger partial charge in [-0.05, 0) is 36.6 Å². The van der Waals surface area contributed by atoms with Crippen LogP contribution in [-0.2, 0) is 16.6 Å². The Bertz CT molecular complexity index is 1520. The van der Waals surface area contributed by atoms with E-state index in [1.165, 1.54) is 19.2 Å². The molecule has 1 fully saturated rings. The molecule has 0 spiro atoms. The predicted octanol–water partition coefficient (Wildman–Crippen LogP) is -1.90. The van der Waals surface area contributed by atoms with Gasteiger partial charge in [-0.3, -0.25) is 18.7 Å². The zero-order valence-electron chi connectivity index (χ0n) is 20.6. The molecule has 4 rings (SSSR count). The Morgan fingerprint density at radius 3 is 2.67 bits per heavy atom. The van der Waals surface area contributed by atoms with Crippen LogP contribution in [0.3, 0.4) is 0 Å². The molecule has 1 aliphatic rings. The molecule has 2 amide bonds. The summed E-state index contributed by atoms with van der Waals surface area (Å²) in [7, 11) is -2.35. The third-order valence-electron chi connectivity index (χ3n) is 5.62. The Morgan fingerprint density at radius 2 is 1.97 bits per heavy atom. The molecule has 36 heavy (non-hydrogen) atoms. The van der Waals surface area contributed by atoms with Crippen LogP contribution >= 0.6 is 0 Å². The van der Waals surface area contributed by atoms with Gasteiger partial charge in [-0.15, -0.1) is 0 Å². The summed E-state index contributed by atoms with van der Waals surface area (Å²) in [5, 5.41) is 15.8. The molecular formula is C22H23FN5NaO6S. The van der Waals surface area contributed by atoms with Gasteiger partial charge in [0.2, 0.25) is 15.6 Å². The van der Waals surface area contributed by atoms with E-state index in [4.69, 9.17) is 0 Å². The zero-order chi connectivity index (χ0) is 25.3. The van der Waals surface area contributed by atoms with E-state index in [0.29, 0.717) is 18.4 Å². The number of anilines is 1. The monoisotopic (exact) mass is 527 g/mol. The van der Waals surface area contributed by atoms with E-state index in [0.717, 1.165) is 22.5 Å². The maximum atomic E-state index is 13.6. The van der Waals surface area contributed by atoms with Gasteiger partial charge in [0.15, 0.2) is 17.3 Å². The molecule has 1 saturated heterocycles. The summed E-state index contributed by atoms with van der Waals surface area (Å²) >= 11 is 0. The van der Waals surface area contributed by atoms with E-state index in [1.54, 1.807) is 0 Å². The van der Waals surface area contributed by atoms with Gasteiger partial charge in [-0.2, -0.15) is 0 Å². The minimum Gasteiger partial charge on any atom is -1.00 e. The van der Waals surface area contributed by atoms with Crippen LogP contribution in [0.4, 0.5) is 10.2 Å². The Balaban J connectivity index is 0.00000241. The van der Waals surface area contributed by atoms with Crippen LogP contribution in [-0.4, -0.2) is 54.7 Å². The maximum Gasteiger partial charge on any atom is 1.00 e. The normalized spacial score (nSPS) is 14.7. The minimum absolute atomic E-state index is 0. The standard InChI is InChI=1S/C22H22FN5O6S.Na.H/c1-24-21(31)15-10-13(23)5-4-12(15)11-25-22(32)18-19(30)17-14(6-7-16(29)26-17)20(27-18)28-8-2-3-9-35(28,33)34;;/h4-7,10,30H,2-3,8-9,11H2,1H3,(H,24,31)(H,25,32)(H,26,29);;/q;+1;-1. The molecule has 3 heterocycles. The molecule has 1 aromatic carbocycles. The Kier molecular flexibility index (Phi) is 8.39. The van der Waals surface area contributed by atoms with Crippen LogP contribution in [0.25, 0.3) is 10.9 Å². The fraction of sp³-hybridized carbons (Fsp3) is 0.273. The molecule has 0 unspecified atom stereocenters. The second kappa shape index (κ2) is 10.9. The van der Waals surface area contributed by atoms with Crippen molar-refractivity contribution in [2.45, 2.75) is 19.4 Å². The number of carbonyl (C=O) groups excluding carboxylic acids is 2. The predicted molar refractivity (Wildman–Crippen MR) is 126 cm³/mol. The van der Waals surface area contributed by atoms with Crippen molar-refractivity contribution in [3.8, 4) is 5.75 Å². The number of aromatic amines is 1. The summed E-state index contributed by atoms with van der Waals surface area (Å²) in [5.74, 6) is -2.92. The number of halogens is 1. The summed E-state index contributed by atoms with van der Waals surface area (Å²) in [4.78, 5) is 43.6. The molecular weight excluding hydrogens is 504 g/mol. The molecule has 2 aromatic heterocycles. The largest absolute Gasteiger partial charge is 1.00 e. The summed E-state index contributed by atoms with van der Waals surface area (Å²) in [6.45, 7) is -0.0931. The van der Waals surface area contributed by atoms with Crippen molar-refractivity contribution >= 4 is 38.6 Å². The van der Waals surface area contributed by atoms with Crippen molar-refractivity contribution < 1.29 is 58.5 Å². The van der Waals surface area contributed by atoms with Crippen molar-refractivity contribution in [3.05, 3.63) is 63.3 Å². The quantitative estimate of drug-likeness (QED) is 0.282. The molecule has 14 heteroatoms. The Hall–Kier alpha value is -3.00. The van der Waals surface area contributed by atoms with Gasteiger partial charge in [-0.25, -0.2) is 17.8 Å². The minimum atomic E-state index is -3.73. The molecule has 0 radical (unpaired) electrons. The number of fused-ring (bicyclic) bond motifs is 1. The first-order valence-electron chi connectivity index (χ1n) is 10.7. The molecule has 11 nitrogen and oxygen atoms in total. The van der Waals surface area contributed by atoms with E-state index in [2.05, 4.69) is 20.6 Å². The number of carbonyl (C=O) groups is 2. The second-order valence-electron chi connectivity index (χ2n) is 7.90. The Labute approximate surface area is 228 Å². The van der Waals surface area contributed by atoms with E-state index >= 15 is 0 Å². The van der Waals surface area contributed by atoms with E-state index in [9.17, 15) is 32.3 Å². The van der Waals surface area contributed by atoms with Crippen molar-refractivity contribution in [2.75, 3.05) is 23.7 Å². The van der Waals surface area contributed by atoms with E-state index in [-0.39, 0.29) is 72.1 Å². The summed E-state index contributed by atoms with van der Waals surface area (Å²) < 4.78 is 40.1.